The molecule has 0 atom stereocenters. The highest BCUT2D eigenvalue weighted by atomic mass is 19.1. The second-order valence-electron chi connectivity index (χ2n) is 4.74. The molecule has 1 aromatic heterocycles. The van der Waals surface area contributed by atoms with Gasteiger partial charge in [-0.05, 0) is 25.8 Å². The van der Waals surface area contributed by atoms with Crippen LogP contribution in [0.25, 0.3) is 0 Å². The maximum atomic E-state index is 14.3. The van der Waals surface area contributed by atoms with Gasteiger partial charge in [-0.3, -0.25) is 4.79 Å². The number of aliphatic hydroxyl groups excluding tert-OH is 1. The minimum atomic E-state index is -0.641. The molecule has 0 aromatic carbocycles. The fourth-order valence-electron chi connectivity index (χ4n) is 2.34. The minimum absolute atomic E-state index is 0.0127. The first-order valence-corrected chi connectivity index (χ1v) is 7.40. The van der Waals surface area contributed by atoms with E-state index in [1.807, 2.05) is 20.8 Å². The summed E-state index contributed by atoms with van der Waals surface area (Å²) >= 11 is 0. The van der Waals surface area contributed by atoms with Crippen molar-refractivity contribution in [3.8, 4) is 0 Å². The predicted molar refractivity (Wildman–Crippen MR) is 80.9 cm³/mol. The van der Waals surface area contributed by atoms with Crippen LogP contribution in [-0.2, 0) is 0 Å². The molecule has 6 heteroatoms. The van der Waals surface area contributed by atoms with E-state index in [1.165, 1.54) is 17.2 Å². The lowest BCUT2D eigenvalue weighted by Gasteiger charge is -2.30. The number of carbonyl (C=O) groups is 1. The third-order valence-corrected chi connectivity index (χ3v) is 3.45. The molecule has 0 saturated carbocycles. The van der Waals surface area contributed by atoms with E-state index in [0.29, 0.717) is 6.54 Å². The number of hydrogen-bond acceptors (Lipinski definition) is 4. The van der Waals surface area contributed by atoms with Crippen LogP contribution in [0.15, 0.2) is 12.3 Å². The molecule has 0 saturated heterocycles. The Morgan fingerprint density at radius 1 is 1.43 bits per heavy atom. The average molecular weight is 297 g/mol. The van der Waals surface area contributed by atoms with E-state index >= 15 is 0 Å². The van der Waals surface area contributed by atoms with Gasteiger partial charge in [0, 0.05) is 25.3 Å². The number of aliphatic hydroxyl groups is 1. The Kier molecular flexibility index (Phi) is 7.08. The van der Waals surface area contributed by atoms with Crippen LogP contribution in [0.1, 0.15) is 44.0 Å². The van der Waals surface area contributed by atoms with E-state index in [-0.39, 0.29) is 30.6 Å². The lowest BCUT2D eigenvalue weighted by Crippen LogP contribution is -2.42. The Hall–Kier alpha value is -1.69. The smallest absolute Gasteiger partial charge is 0.257 e. The Labute approximate surface area is 125 Å². The van der Waals surface area contributed by atoms with Crippen LogP contribution >= 0.6 is 0 Å². The highest BCUT2D eigenvalue weighted by Crippen LogP contribution is 2.19. The highest BCUT2D eigenvalue weighted by molar-refractivity contribution is 5.95. The van der Waals surface area contributed by atoms with E-state index in [1.54, 1.807) is 0 Å². The standard InChI is InChI=1S/C15H24FN3O2/c1-4-11(5-2)19(9-10-20)15(21)12-7-8-18-14(13(12)16)17-6-3/h7-8,11,20H,4-6,9-10H2,1-3H3,(H,17,18). The van der Waals surface area contributed by atoms with Crippen LogP contribution in [0.4, 0.5) is 10.2 Å². The first kappa shape index (κ1) is 17.4. The summed E-state index contributed by atoms with van der Waals surface area (Å²) in [6.45, 7) is 6.35. The van der Waals surface area contributed by atoms with Gasteiger partial charge in [-0.2, -0.15) is 0 Å². The summed E-state index contributed by atoms with van der Waals surface area (Å²) in [5, 5.41) is 12.0. The fraction of sp³-hybridized carbons (Fsp3) is 0.600. The molecule has 1 rings (SSSR count). The topological polar surface area (TPSA) is 65.5 Å². The lowest BCUT2D eigenvalue weighted by atomic mass is 10.1. The number of hydrogen-bond donors (Lipinski definition) is 2. The second kappa shape index (κ2) is 8.56. The summed E-state index contributed by atoms with van der Waals surface area (Å²) in [7, 11) is 0. The predicted octanol–water partition coefficient (Wildman–Crippen LogP) is 2.28. The molecule has 1 aromatic rings. The number of nitrogens with zero attached hydrogens (tertiary/aromatic N) is 2. The van der Waals surface area contributed by atoms with Crippen molar-refractivity contribution >= 4 is 11.7 Å². The molecule has 0 fully saturated rings. The molecule has 2 N–H and O–H groups in total. The number of carbonyl (C=O) groups excluding carboxylic acids is 1. The Balaban J connectivity index is 3.11. The van der Waals surface area contributed by atoms with Crippen LogP contribution in [0.5, 0.6) is 0 Å². The molecule has 0 bridgehead atoms. The molecule has 5 nitrogen and oxygen atoms in total. The summed E-state index contributed by atoms with van der Waals surface area (Å²) in [5.74, 6) is -0.966. The molecule has 21 heavy (non-hydrogen) atoms. The molecule has 0 aliphatic heterocycles. The van der Waals surface area contributed by atoms with Crippen molar-refractivity contribution in [3.63, 3.8) is 0 Å². The third-order valence-electron chi connectivity index (χ3n) is 3.45. The van der Waals surface area contributed by atoms with Gasteiger partial charge in [0.1, 0.15) is 0 Å². The summed E-state index contributed by atoms with van der Waals surface area (Å²) in [5.41, 5.74) is -0.0127. The summed E-state index contributed by atoms with van der Waals surface area (Å²) in [6, 6.07) is 1.37. The number of aromatic nitrogens is 1. The lowest BCUT2D eigenvalue weighted by molar-refractivity contribution is 0.0617. The molecular weight excluding hydrogens is 273 g/mol. The van der Waals surface area contributed by atoms with Crippen molar-refractivity contribution in [2.75, 3.05) is 25.0 Å². The van der Waals surface area contributed by atoms with E-state index in [9.17, 15) is 9.18 Å². The molecule has 0 unspecified atom stereocenters. The SMILES string of the molecule is CCNc1nccc(C(=O)N(CCO)C(CC)CC)c1F. The summed E-state index contributed by atoms with van der Waals surface area (Å²) in [6.07, 6.45) is 2.93. The highest BCUT2D eigenvalue weighted by Gasteiger charge is 2.25. The number of pyridine rings is 1. The van der Waals surface area contributed by atoms with Crippen LogP contribution < -0.4 is 5.32 Å². The number of nitrogens with one attached hydrogen (secondary N) is 1. The van der Waals surface area contributed by atoms with Gasteiger partial charge in [0.25, 0.3) is 5.91 Å². The molecule has 0 radical (unpaired) electrons. The van der Waals surface area contributed by atoms with Gasteiger partial charge in [0.05, 0.1) is 12.2 Å². The van der Waals surface area contributed by atoms with Gasteiger partial charge in [0.2, 0.25) is 0 Å². The van der Waals surface area contributed by atoms with Crippen LogP contribution in [0.2, 0.25) is 0 Å². The quantitative estimate of drug-likeness (QED) is 0.772. The molecular formula is C15H24FN3O2. The van der Waals surface area contributed by atoms with Crippen LogP contribution in [0.3, 0.4) is 0 Å². The number of halogens is 1. The number of rotatable bonds is 8. The monoisotopic (exact) mass is 297 g/mol. The molecule has 1 amide bonds. The fourth-order valence-corrected chi connectivity index (χ4v) is 2.34. The zero-order valence-corrected chi connectivity index (χ0v) is 12.9. The Morgan fingerprint density at radius 3 is 2.62 bits per heavy atom. The largest absolute Gasteiger partial charge is 0.395 e. The number of amides is 1. The molecule has 0 spiro atoms. The average Bonchev–Trinajstić information content (AvgIpc) is 2.49. The van der Waals surface area contributed by atoms with Gasteiger partial charge in [-0.25, -0.2) is 9.37 Å². The zero-order chi connectivity index (χ0) is 15.8. The van der Waals surface area contributed by atoms with E-state index in [2.05, 4.69) is 10.3 Å². The van der Waals surface area contributed by atoms with E-state index in [4.69, 9.17) is 5.11 Å². The number of anilines is 1. The Bertz CT molecular complexity index is 464. The normalized spacial score (nSPS) is 10.8. The minimum Gasteiger partial charge on any atom is -0.395 e. The first-order valence-electron chi connectivity index (χ1n) is 7.40. The van der Waals surface area contributed by atoms with E-state index < -0.39 is 11.7 Å². The van der Waals surface area contributed by atoms with Gasteiger partial charge in [-0.1, -0.05) is 13.8 Å². The summed E-state index contributed by atoms with van der Waals surface area (Å²) in [4.78, 5) is 18.0. The molecule has 0 aliphatic rings. The molecule has 1 heterocycles. The second-order valence-corrected chi connectivity index (χ2v) is 4.74. The van der Waals surface area contributed by atoms with Gasteiger partial charge in [-0.15, -0.1) is 0 Å². The first-order chi connectivity index (χ1) is 10.1. The van der Waals surface area contributed by atoms with Crippen LogP contribution in [-0.4, -0.2) is 46.6 Å². The zero-order valence-electron chi connectivity index (χ0n) is 12.9. The van der Waals surface area contributed by atoms with Crippen LogP contribution in [0, 0.1) is 5.82 Å². The maximum absolute atomic E-state index is 14.3. The Morgan fingerprint density at radius 2 is 2.10 bits per heavy atom. The van der Waals surface area contributed by atoms with E-state index in [0.717, 1.165) is 12.8 Å². The van der Waals surface area contributed by atoms with Gasteiger partial charge >= 0.3 is 0 Å². The van der Waals surface area contributed by atoms with Crippen molar-refractivity contribution in [3.05, 3.63) is 23.6 Å². The van der Waals surface area contributed by atoms with Gasteiger partial charge in [0.15, 0.2) is 11.6 Å². The molecule has 0 aliphatic carbocycles. The van der Waals surface area contributed by atoms with Crippen molar-refractivity contribution < 1.29 is 14.3 Å². The van der Waals surface area contributed by atoms with Crippen molar-refractivity contribution in [1.82, 2.24) is 9.88 Å². The van der Waals surface area contributed by atoms with Crippen molar-refractivity contribution in [1.29, 1.82) is 0 Å². The maximum Gasteiger partial charge on any atom is 0.257 e. The molecule has 118 valence electrons. The third kappa shape index (κ3) is 4.14. The van der Waals surface area contributed by atoms with Crippen molar-refractivity contribution in [2.45, 2.75) is 39.7 Å². The van der Waals surface area contributed by atoms with Crippen molar-refractivity contribution in [2.24, 2.45) is 0 Å². The van der Waals surface area contributed by atoms with Gasteiger partial charge < -0.3 is 15.3 Å². The summed E-state index contributed by atoms with van der Waals surface area (Å²) < 4.78 is 14.3.